The van der Waals surface area contributed by atoms with Crippen molar-refractivity contribution in [1.29, 1.82) is 0 Å². The molecular weight excluding hydrogens is 484 g/mol. The summed E-state index contributed by atoms with van der Waals surface area (Å²) in [5.74, 6) is 1.46. The van der Waals surface area contributed by atoms with Gasteiger partial charge in [-0.1, -0.05) is 34.6 Å². The molecule has 10 nitrogen and oxygen atoms in total. The molecule has 4 rings (SSSR count). The molecule has 0 bridgehead atoms. The van der Waals surface area contributed by atoms with Crippen LogP contribution in [0.2, 0.25) is 0 Å². The number of amides is 2. The van der Waals surface area contributed by atoms with Gasteiger partial charge in [0.15, 0.2) is 12.4 Å². The molecule has 210 valence electrons. The summed E-state index contributed by atoms with van der Waals surface area (Å²) in [6, 6.07) is 5.42. The maximum atomic E-state index is 12.0. The topological polar surface area (TPSA) is 132 Å². The van der Waals surface area contributed by atoms with Crippen molar-refractivity contribution in [2.45, 2.75) is 73.8 Å². The third-order valence-electron chi connectivity index (χ3n) is 6.03. The van der Waals surface area contributed by atoms with Crippen LogP contribution in [0.5, 0.6) is 5.75 Å². The summed E-state index contributed by atoms with van der Waals surface area (Å²) in [5.41, 5.74) is 7.62. The van der Waals surface area contributed by atoms with E-state index in [0.29, 0.717) is 29.5 Å². The average Bonchev–Trinajstić information content (AvgIpc) is 2.89. The summed E-state index contributed by atoms with van der Waals surface area (Å²) in [4.78, 5) is 34.9. The molecule has 2 aromatic rings. The minimum absolute atomic E-state index is 0.00886. The number of nitrogens with zero attached hydrogens (tertiary/aromatic N) is 3. The van der Waals surface area contributed by atoms with Crippen LogP contribution in [0.3, 0.4) is 0 Å². The molecular formula is C28H44N6O4. The van der Waals surface area contributed by atoms with Crippen molar-refractivity contribution in [2.24, 2.45) is 5.41 Å². The van der Waals surface area contributed by atoms with Gasteiger partial charge < -0.3 is 30.7 Å². The van der Waals surface area contributed by atoms with Crippen molar-refractivity contribution in [1.82, 2.24) is 15.3 Å². The van der Waals surface area contributed by atoms with E-state index in [4.69, 9.17) is 15.2 Å². The summed E-state index contributed by atoms with van der Waals surface area (Å²) >= 11 is 0. The molecule has 10 heteroatoms. The number of rotatable bonds is 4. The summed E-state index contributed by atoms with van der Waals surface area (Å²) in [5, 5.41) is 5.69. The molecule has 0 saturated carbocycles. The van der Waals surface area contributed by atoms with Crippen LogP contribution < -0.4 is 26.0 Å². The molecule has 2 aliphatic heterocycles. The Kier molecular flexibility index (Phi) is 10.7. The standard InChI is InChI=1S/C24H32N6O4.2C2H6/c1-23(2,3)34-22(32)27-14-24(4)7-9-30(10-8-24)18-12-26-20(21(25)29-18)15-5-6-17-16(11-15)28-19(31)13-33-17;2*1-2/h5-6,11-12H,7-10,13-14H2,1-4H3,(H2,25,29)(H,27,32)(H,28,31);2*1-2H3. The Bertz CT molecular complexity index is 1090. The zero-order valence-corrected chi connectivity index (χ0v) is 24.1. The largest absolute Gasteiger partial charge is 0.482 e. The SMILES string of the molecule is CC.CC.CC1(CNC(=O)OC(C)(C)C)CCN(c2cnc(-c3ccc4c(c3)NC(=O)CO4)c(N)n2)CC1. The normalized spacial score (nSPS) is 15.8. The number of ether oxygens (including phenoxy) is 2. The summed E-state index contributed by atoms with van der Waals surface area (Å²) in [6.07, 6.45) is 3.11. The molecule has 38 heavy (non-hydrogen) atoms. The summed E-state index contributed by atoms with van der Waals surface area (Å²) in [7, 11) is 0. The molecule has 0 aliphatic carbocycles. The molecule has 3 heterocycles. The van der Waals surface area contributed by atoms with E-state index in [1.54, 1.807) is 18.3 Å². The van der Waals surface area contributed by atoms with Gasteiger partial charge in [-0.2, -0.15) is 0 Å². The highest BCUT2D eigenvalue weighted by molar-refractivity contribution is 5.96. The molecule has 0 radical (unpaired) electrons. The van der Waals surface area contributed by atoms with Gasteiger partial charge in [-0.3, -0.25) is 4.79 Å². The lowest BCUT2D eigenvalue weighted by atomic mass is 9.80. The fourth-order valence-electron chi connectivity index (χ4n) is 4.05. The van der Waals surface area contributed by atoms with Crippen LogP contribution in [0.4, 0.5) is 22.1 Å². The van der Waals surface area contributed by atoms with Gasteiger partial charge in [0.1, 0.15) is 22.9 Å². The van der Waals surface area contributed by atoms with E-state index in [1.807, 2.05) is 54.5 Å². The monoisotopic (exact) mass is 528 g/mol. The molecule has 1 saturated heterocycles. The predicted octanol–water partition coefficient (Wildman–Crippen LogP) is 5.24. The number of anilines is 3. The molecule has 1 aromatic heterocycles. The molecule has 4 N–H and O–H groups in total. The number of nitrogen functional groups attached to an aromatic ring is 1. The van der Waals surface area contributed by atoms with E-state index >= 15 is 0 Å². The number of alkyl carbamates (subject to hydrolysis) is 1. The Labute approximate surface area is 226 Å². The molecule has 1 fully saturated rings. The van der Waals surface area contributed by atoms with Crippen molar-refractivity contribution in [3.05, 3.63) is 24.4 Å². The van der Waals surface area contributed by atoms with Crippen LogP contribution >= 0.6 is 0 Å². The first-order valence-electron chi connectivity index (χ1n) is 13.4. The molecule has 0 unspecified atom stereocenters. The van der Waals surface area contributed by atoms with Gasteiger partial charge in [-0.05, 0) is 57.2 Å². The van der Waals surface area contributed by atoms with Gasteiger partial charge in [0.05, 0.1) is 11.9 Å². The summed E-state index contributed by atoms with van der Waals surface area (Å²) in [6.45, 7) is 17.8. The third-order valence-corrected chi connectivity index (χ3v) is 6.03. The highest BCUT2D eigenvalue weighted by atomic mass is 16.6. The fraction of sp³-hybridized carbons (Fsp3) is 0.571. The Morgan fingerprint density at radius 3 is 2.47 bits per heavy atom. The second kappa shape index (κ2) is 13.3. The quantitative estimate of drug-likeness (QED) is 0.491. The van der Waals surface area contributed by atoms with Crippen LogP contribution in [-0.2, 0) is 9.53 Å². The van der Waals surface area contributed by atoms with E-state index in [-0.39, 0.29) is 17.9 Å². The first kappa shape index (κ1) is 30.7. The van der Waals surface area contributed by atoms with Gasteiger partial charge in [0.2, 0.25) is 0 Å². The number of fused-ring (bicyclic) bond motifs is 1. The minimum Gasteiger partial charge on any atom is -0.482 e. The van der Waals surface area contributed by atoms with Gasteiger partial charge in [0.25, 0.3) is 5.91 Å². The average molecular weight is 529 g/mol. The number of piperidine rings is 1. The van der Waals surface area contributed by atoms with Crippen molar-refractivity contribution in [3.8, 4) is 17.0 Å². The first-order chi connectivity index (χ1) is 18.0. The van der Waals surface area contributed by atoms with E-state index in [2.05, 4.69) is 32.4 Å². The van der Waals surface area contributed by atoms with Gasteiger partial charge in [-0.25, -0.2) is 14.8 Å². The second-order valence-electron chi connectivity index (χ2n) is 10.2. The van der Waals surface area contributed by atoms with Crippen LogP contribution in [0, 0.1) is 5.41 Å². The first-order valence-corrected chi connectivity index (χ1v) is 13.4. The lowest BCUT2D eigenvalue weighted by Gasteiger charge is -2.40. The number of carbonyl (C=O) groups excluding carboxylic acids is 2. The zero-order valence-electron chi connectivity index (χ0n) is 24.1. The highest BCUT2D eigenvalue weighted by Crippen LogP contribution is 2.35. The predicted molar refractivity (Wildman–Crippen MR) is 152 cm³/mol. The van der Waals surface area contributed by atoms with E-state index in [9.17, 15) is 9.59 Å². The minimum atomic E-state index is -0.514. The molecule has 2 aliphatic rings. The number of aromatic nitrogens is 2. The Hall–Kier alpha value is -3.56. The lowest BCUT2D eigenvalue weighted by Crippen LogP contribution is -2.46. The number of carbonyl (C=O) groups is 2. The van der Waals surface area contributed by atoms with E-state index < -0.39 is 11.7 Å². The van der Waals surface area contributed by atoms with Crippen LogP contribution in [-0.4, -0.2) is 53.8 Å². The van der Waals surface area contributed by atoms with Crippen LogP contribution in [0.15, 0.2) is 24.4 Å². The van der Waals surface area contributed by atoms with Gasteiger partial charge in [-0.15, -0.1) is 0 Å². The van der Waals surface area contributed by atoms with Gasteiger partial charge in [0, 0.05) is 25.2 Å². The number of benzene rings is 1. The number of hydrogen-bond donors (Lipinski definition) is 3. The maximum absolute atomic E-state index is 12.0. The van der Waals surface area contributed by atoms with E-state index in [1.165, 1.54) is 0 Å². The highest BCUT2D eigenvalue weighted by Gasteiger charge is 2.32. The van der Waals surface area contributed by atoms with Crippen LogP contribution in [0.25, 0.3) is 11.3 Å². The molecule has 2 amide bonds. The number of nitrogens with one attached hydrogen (secondary N) is 2. The zero-order chi connectivity index (χ0) is 28.5. The number of hydrogen-bond acceptors (Lipinski definition) is 8. The van der Waals surface area contributed by atoms with Crippen LogP contribution in [0.1, 0.15) is 68.2 Å². The van der Waals surface area contributed by atoms with Crippen molar-refractivity contribution >= 4 is 29.3 Å². The van der Waals surface area contributed by atoms with Crippen molar-refractivity contribution < 1.29 is 19.1 Å². The summed E-state index contributed by atoms with van der Waals surface area (Å²) < 4.78 is 10.7. The lowest BCUT2D eigenvalue weighted by molar-refractivity contribution is -0.118. The van der Waals surface area contributed by atoms with Crippen molar-refractivity contribution in [2.75, 3.05) is 42.2 Å². The van der Waals surface area contributed by atoms with E-state index in [0.717, 1.165) is 37.3 Å². The third kappa shape index (κ3) is 8.22. The smallest absolute Gasteiger partial charge is 0.407 e. The Morgan fingerprint density at radius 2 is 1.87 bits per heavy atom. The Morgan fingerprint density at radius 1 is 1.21 bits per heavy atom. The van der Waals surface area contributed by atoms with Gasteiger partial charge >= 0.3 is 6.09 Å². The fourth-order valence-corrected chi connectivity index (χ4v) is 4.05. The number of nitrogens with two attached hydrogens (primary N) is 1. The second-order valence-corrected chi connectivity index (χ2v) is 10.2. The maximum Gasteiger partial charge on any atom is 0.407 e. The molecule has 0 atom stereocenters. The molecule has 1 aromatic carbocycles. The Balaban J connectivity index is 0.00000121. The molecule has 0 spiro atoms. The van der Waals surface area contributed by atoms with Crippen molar-refractivity contribution in [3.63, 3.8) is 0 Å².